The molecule has 0 bridgehead atoms. The fourth-order valence-electron chi connectivity index (χ4n) is 2.61. The molecule has 1 aliphatic heterocycles. The molecule has 0 radical (unpaired) electrons. The number of alkyl halides is 1. The largest absolute Gasteiger partial charge is 0.354 e. The summed E-state index contributed by atoms with van der Waals surface area (Å²) in [5, 5.41) is 15.3. The van der Waals surface area contributed by atoms with Gasteiger partial charge in [-0.25, -0.2) is 0 Å². The van der Waals surface area contributed by atoms with E-state index >= 15 is 0 Å². The average molecular weight is 411 g/mol. The van der Waals surface area contributed by atoms with Crippen molar-refractivity contribution < 1.29 is 24.1 Å². The second-order valence-electron chi connectivity index (χ2n) is 6.11. The van der Waals surface area contributed by atoms with Crippen molar-refractivity contribution in [3.8, 4) is 0 Å². The standard InChI is InChI=1S/C17H19ClN4O6/c1-10(18)15(24)20-7-6-19-14(23)3-2-8-21-16(25)12-5-4-11(22(27)28)9-13(12)17(21)26/h4-5,9-10H,2-3,6-8H2,1H3,(H,19,23)(H,20,24). The van der Waals surface area contributed by atoms with E-state index in [1.54, 1.807) is 0 Å². The number of carbonyl (C=O) groups is 4. The van der Waals surface area contributed by atoms with Gasteiger partial charge in [-0.3, -0.25) is 34.2 Å². The lowest BCUT2D eigenvalue weighted by Gasteiger charge is -2.13. The zero-order chi connectivity index (χ0) is 20.8. The van der Waals surface area contributed by atoms with Crippen LogP contribution in [0.1, 0.15) is 40.5 Å². The summed E-state index contributed by atoms with van der Waals surface area (Å²) in [6, 6.07) is 3.51. The van der Waals surface area contributed by atoms with E-state index in [0.29, 0.717) is 0 Å². The van der Waals surface area contributed by atoms with Crippen LogP contribution in [0.25, 0.3) is 0 Å². The molecule has 28 heavy (non-hydrogen) atoms. The molecule has 2 N–H and O–H groups in total. The average Bonchev–Trinajstić information content (AvgIpc) is 2.89. The van der Waals surface area contributed by atoms with Gasteiger partial charge in [0.2, 0.25) is 11.8 Å². The van der Waals surface area contributed by atoms with Crippen LogP contribution < -0.4 is 10.6 Å². The van der Waals surface area contributed by atoms with Crippen LogP contribution in [0, 0.1) is 10.1 Å². The van der Waals surface area contributed by atoms with Crippen molar-refractivity contribution in [2.75, 3.05) is 19.6 Å². The lowest BCUT2D eigenvalue weighted by atomic mass is 10.1. The Hall–Kier alpha value is -3.01. The minimum absolute atomic E-state index is 0.00656. The van der Waals surface area contributed by atoms with Gasteiger partial charge in [0.15, 0.2) is 0 Å². The van der Waals surface area contributed by atoms with Gasteiger partial charge in [-0.1, -0.05) is 0 Å². The van der Waals surface area contributed by atoms with E-state index in [-0.39, 0.29) is 61.1 Å². The highest BCUT2D eigenvalue weighted by Gasteiger charge is 2.36. The summed E-state index contributed by atoms with van der Waals surface area (Å²) in [5.41, 5.74) is -0.158. The Morgan fingerprint density at radius 1 is 1.18 bits per heavy atom. The van der Waals surface area contributed by atoms with Gasteiger partial charge in [-0.2, -0.15) is 0 Å². The molecule has 1 aromatic carbocycles. The Bertz CT molecular complexity index is 826. The fraction of sp³-hybridized carbons (Fsp3) is 0.412. The molecule has 0 spiro atoms. The van der Waals surface area contributed by atoms with E-state index in [9.17, 15) is 29.3 Å². The number of nitro benzene ring substituents is 1. The Morgan fingerprint density at radius 2 is 1.82 bits per heavy atom. The molecule has 0 saturated heterocycles. The van der Waals surface area contributed by atoms with Crippen LogP contribution in [0.15, 0.2) is 18.2 Å². The highest BCUT2D eigenvalue weighted by Crippen LogP contribution is 2.26. The normalized spacial score (nSPS) is 13.9. The smallest absolute Gasteiger partial charge is 0.270 e. The van der Waals surface area contributed by atoms with Crippen molar-refractivity contribution in [2.45, 2.75) is 25.1 Å². The predicted octanol–water partition coefficient (Wildman–Crippen LogP) is 0.831. The lowest BCUT2D eigenvalue weighted by molar-refractivity contribution is -0.384. The molecule has 1 aromatic rings. The minimum Gasteiger partial charge on any atom is -0.354 e. The van der Waals surface area contributed by atoms with E-state index < -0.39 is 22.1 Å². The van der Waals surface area contributed by atoms with Gasteiger partial charge in [0, 0.05) is 38.2 Å². The van der Waals surface area contributed by atoms with Crippen LogP contribution >= 0.6 is 11.6 Å². The van der Waals surface area contributed by atoms with Gasteiger partial charge in [0.25, 0.3) is 17.5 Å². The number of imide groups is 1. The molecule has 0 saturated carbocycles. The summed E-state index contributed by atoms with van der Waals surface area (Å²) >= 11 is 5.59. The molecule has 11 heteroatoms. The van der Waals surface area contributed by atoms with Crippen LogP contribution in [0.2, 0.25) is 0 Å². The first kappa shape index (κ1) is 21.3. The molecule has 1 atom stereocenters. The molecule has 10 nitrogen and oxygen atoms in total. The lowest BCUT2D eigenvalue weighted by Crippen LogP contribution is -2.37. The maximum absolute atomic E-state index is 12.3. The first-order valence-electron chi connectivity index (χ1n) is 8.55. The molecule has 2 rings (SSSR count). The van der Waals surface area contributed by atoms with Crippen molar-refractivity contribution in [1.29, 1.82) is 0 Å². The van der Waals surface area contributed by atoms with Crippen LogP contribution in [-0.2, 0) is 9.59 Å². The number of hydrogen-bond donors (Lipinski definition) is 2. The summed E-state index contributed by atoms with van der Waals surface area (Å²) in [4.78, 5) is 58.8. The van der Waals surface area contributed by atoms with Crippen molar-refractivity contribution in [3.63, 3.8) is 0 Å². The second-order valence-corrected chi connectivity index (χ2v) is 6.76. The summed E-state index contributed by atoms with van der Waals surface area (Å²) in [5.74, 6) is -1.77. The molecule has 4 amide bonds. The Labute approximate surface area is 165 Å². The summed E-state index contributed by atoms with van der Waals surface area (Å²) in [6.07, 6.45) is 0.317. The third kappa shape index (κ3) is 5.03. The SMILES string of the molecule is CC(Cl)C(=O)NCCNC(=O)CCCN1C(=O)c2ccc([N+](=O)[O-])cc2C1=O. The number of nitrogens with one attached hydrogen (secondary N) is 2. The Kier molecular flexibility index (Phi) is 7.05. The third-order valence-electron chi connectivity index (χ3n) is 4.06. The summed E-state index contributed by atoms with van der Waals surface area (Å²) in [7, 11) is 0. The maximum atomic E-state index is 12.3. The molecule has 0 fully saturated rings. The first-order valence-corrected chi connectivity index (χ1v) is 8.99. The monoisotopic (exact) mass is 410 g/mol. The number of fused-ring (bicyclic) bond motifs is 1. The molecular weight excluding hydrogens is 392 g/mol. The number of nitrogens with zero attached hydrogens (tertiary/aromatic N) is 2. The molecule has 1 heterocycles. The van der Waals surface area contributed by atoms with Crippen molar-refractivity contribution >= 4 is 40.9 Å². The van der Waals surface area contributed by atoms with Crippen LogP contribution in [0.4, 0.5) is 5.69 Å². The number of rotatable bonds is 9. The predicted molar refractivity (Wildman–Crippen MR) is 99.0 cm³/mol. The number of amides is 4. The third-order valence-corrected chi connectivity index (χ3v) is 4.26. The maximum Gasteiger partial charge on any atom is 0.270 e. The van der Waals surface area contributed by atoms with Gasteiger partial charge >= 0.3 is 0 Å². The molecule has 1 aliphatic rings. The Morgan fingerprint density at radius 3 is 2.46 bits per heavy atom. The number of benzene rings is 1. The topological polar surface area (TPSA) is 139 Å². The van der Waals surface area contributed by atoms with Crippen LogP contribution in [-0.4, -0.2) is 58.5 Å². The van der Waals surface area contributed by atoms with E-state index in [1.165, 1.54) is 19.1 Å². The second kappa shape index (κ2) is 9.27. The van der Waals surface area contributed by atoms with Gasteiger partial charge < -0.3 is 10.6 Å². The summed E-state index contributed by atoms with van der Waals surface area (Å²) < 4.78 is 0. The Balaban J connectivity index is 1.78. The first-order chi connectivity index (χ1) is 13.2. The van der Waals surface area contributed by atoms with Gasteiger partial charge in [0.05, 0.1) is 16.1 Å². The van der Waals surface area contributed by atoms with Gasteiger partial charge in [0.1, 0.15) is 5.38 Å². The molecule has 0 aromatic heterocycles. The molecule has 0 aliphatic carbocycles. The van der Waals surface area contributed by atoms with Crippen LogP contribution in [0.3, 0.4) is 0 Å². The van der Waals surface area contributed by atoms with Crippen molar-refractivity contribution in [1.82, 2.24) is 15.5 Å². The van der Waals surface area contributed by atoms with Gasteiger partial charge in [-0.15, -0.1) is 11.6 Å². The number of non-ortho nitro benzene ring substituents is 1. The highest BCUT2D eigenvalue weighted by molar-refractivity contribution is 6.30. The number of nitro groups is 1. The van der Waals surface area contributed by atoms with Crippen molar-refractivity contribution in [2.24, 2.45) is 0 Å². The fourth-order valence-corrected chi connectivity index (χ4v) is 2.69. The zero-order valence-corrected chi connectivity index (χ0v) is 15.8. The summed E-state index contributed by atoms with van der Waals surface area (Å²) in [6.45, 7) is 2.02. The molecule has 150 valence electrons. The number of halogens is 1. The van der Waals surface area contributed by atoms with E-state index in [0.717, 1.165) is 11.0 Å². The van der Waals surface area contributed by atoms with E-state index in [1.807, 2.05) is 0 Å². The van der Waals surface area contributed by atoms with Crippen molar-refractivity contribution in [3.05, 3.63) is 39.4 Å². The number of hydrogen-bond acceptors (Lipinski definition) is 6. The quantitative estimate of drug-likeness (QED) is 0.203. The number of carbonyl (C=O) groups excluding carboxylic acids is 4. The van der Waals surface area contributed by atoms with E-state index in [4.69, 9.17) is 11.6 Å². The van der Waals surface area contributed by atoms with E-state index in [2.05, 4.69) is 10.6 Å². The molecular formula is C17H19ClN4O6. The van der Waals surface area contributed by atoms with Gasteiger partial charge in [-0.05, 0) is 19.4 Å². The zero-order valence-electron chi connectivity index (χ0n) is 15.1. The highest BCUT2D eigenvalue weighted by atomic mass is 35.5. The minimum atomic E-state index is -0.656. The molecule has 1 unspecified atom stereocenters. The van der Waals surface area contributed by atoms with Crippen LogP contribution in [0.5, 0.6) is 0 Å².